The number of ether oxygens (including phenoxy) is 1. The van der Waals surface area contributed by atoms with Crippen molar-refractivity contribution in [3.05, 3.63) is 28.3 Å². The van der Waals surface area contributed by atoms with Gasteiger partial charge in [-0.15, -0.1) is 0 Å². The highest BCUT2D eigenvalue weighted by atomic mass is 16.6. The van der Waals surface area contributed by atoms with Gasteiger partial charge in [0.2, 0.25) is 0 Å². The van der Waals surface area contributed by atoms with Crippen molar-refractivity contribution in [1.29, 1.82) is 0 Å². The number of nitro groups is 1. The Kier molecular flexibility index (Phi) is 5.78. The molecule has 2 saturated heterocycles. The molecule has 0 unspecified atom stereocenters. The molecule has 0 spiro atoms. The second-order valence-corrected chi connectivity index (χ2v) is 7.39. The molecule has 2 heterocycles. The number of rotatable bonds is 5. The van der Waals surface area contributed by atoms with E-state index in [9.17, 15) is 10.1 Å². The molecule has 1 aromatic carbocycles. The lowest BCUT2D eigenvalue weighted by Gasteiger charge is -2.41. The molecule has 2 aliphatic heterocycles. The van der Waals surface area contributed by atoms with Crippen LogP contribution in [0.25, 0.3) is 0 Å². The number of piperidine rings is 2. The van der Waals surface area contributed by atoms with Crippen molar-refractivity contribution in [3.8, 4) is 5.75 Å². The summed E-state index contributed by atoms with van der Waals surface area (Å²) in [5.74, 6) is 0.371. The van der Waals surface area contributed by atoms with Crippen LogP contribution in [-0.4, -0.2) is 48.1 Å². The maximum absolute atomic E-state index is 11.2. The lowest BCUT2D eigenvalue weighted by Crippen LogP contribution is -2.46. The normalized spacial score (nSPS) is 20.0. The third kappa shape index (κ3) is 4.42. The van der Waals surface area contributed by atoms with Crippen LogP contribution in [0.15, 0.2) is 18.2 Å². The van der Waals surface area contributed by atoms with E-state index in [0.717, 1.165) is 31.6 Å². The first-order valence-electron chi connectivity index (χ1n) is 9.48. The van der Waals surface area contributed by atoms with Crippen LogP contribution >= 0.6 is 0 Å². The van der Waals surface area contributed by atoms with Gasteiger partial charge in [-0.2, -0.15) is 0 Å². The van der Waals surface area contributed by atoms with Gasteiger partial charge < -0.3 is 14.5 Å². The predicted octanol–water partition coefficient (Wildman–Crippen LogP) is 3.84. The fourth-order valence-electron chi connectivity index (χ4n) is 3.97. The predicted molar refractivity (Wildman–Crippen MR) is 99.5 cm³/mol. The molecular weight excluding hydrogens is 318 g/mol. The lowest BCUT2D eigenvalue weighted by atomic mass is 9.99. The summed E-state index contributed by atoms with van der Waals surface area (Å²) in [5.41, 5.74) is 1.07. The zero-order valence-electron chi connectivity index (χ0n) is 15.3. The Morgan fingerprint density at radius 3 is 2.40 bits per heavy atom. The monoisotopic (exact) mass is 347 g/mol. The van der Waals surface area contributed by atoms with Crippen LogP contribution in [0.5, 0.6) is 5.75 Å². The number of nitrogens with zero attached hydrogens (tertiary/aromatic N) is 3. The van der Waals surface area contributed by atoms with E-state index in [4.69, 9.17) is 4.74 Å². The Labute approximate surface area is 149 Å². The van der Waals surface area contributed by atoms with Crippen LogP contribution in [0.2, 0.25) is 0 Å². The van der Waals surface area contributed by atoms with Crippen LogP contribution in [0, 0.1) is 10.1 Å². The first kappa shape index (κ1) is 18.0. The minimum Gasteiger partial charge on any atom is -0.484 e. The SMILES string of the molecule is CC(C)Oc1cc(N2CCC(N3CCCCC3)CC2)ccc1[N+](=O)[O-]. The molecule has 2 fully saturated rings. The molecule has 25 heavy (non-hydrogen) atoms. The van der Waals surface area contributed by atoms with Crippen molar-refractivity contribution in [2.24, 2.45) is 0 Å². The van der Waals surface area contributed by atoms with Gasteiger partial charge in [-0.1, -0.05) is 6.42 Å². The van der Waals surface area contributed by atoms with Crippen molar-refractivity contribution in [1.82, 2.24) is 4.90 Å². The van der Waals surface area contributed by atoms with E-state index in [1.54, 1.807) is 6.07 Å². The molecule has 0 N–H and O–H groups in total. The molecule has 0 amide bonds. The van der Waals surface area contributed by atoms with Gasteiger partial charge in [-0.3, -0.25) is 10.1 Å². The van der Waals surface area contributed by atoms with Gasteiger partial charge in [-0.25, -0.2) is 0 Å². The van der Waals surface area contributed by atoms with Crippen molar-refractivity contribution in [3.63, 3.8) is 0 Å². The number of hydrogen-bond acceptors (Lipinski definition) is 5. The average molecular weight is 347 g/mol. The summed E-state index contributed by atoms with van der Waals surface area (Å²) < 4.78 is 5.68. The fourth-order valence-corrected chi connectivity index (χ4v) is 3.97. The molecule has 0 aliphatic carbocycles. The minimum atomic E-state index is -0.371. The quantitative estimate of drug-likeness (QED) is 0.598. The van der Waals surface area contributed by atoms with Crippen molar-refractivity contribution < 1.29 is 9.66 Å². The highest BCUT2D eigenvalue weighted by Crippen LogP contribution is 2.34. The molecule has 0 atom stereocenters. The maximum Gasteiger partial charge on any atom is 0.311 e. The summed E-state index contributed by atoms with van der Waals surface area (Å²) in [6, 6.07) is 5.95. The molecule has 6 nitrogen and oxygen atoms in total. The lowest BCUT2D eigenvalue weighted by molar-refractivity contribution is -0.386. The summed E-state index contributed by atoms with van der Waals surface area (Å²) in [7, 11) is 0. The summed E-state index contributed by atoms with van der Waals surface area (Å²) in [4.78, 5) is 15.8. The molecule has 0 saturated carbocycles. The summed E-state index contributed by atoms with van der Waals surface area (Å²) >= 11 is 0. The van der Waals surface area contributed by atoms with E-state index in [1.165, 1.54) is 32.4 Å². The number of hydrogen-bond donors (Lipinski definition) is 0. The number of anilines is 1. The largest absolute Gasteiger partial charge is 0.484 e. The van der Waals surface area contributed by atoms with Crippen LogP contribution in [0.4, 0.5) is 11.4 Å². The first-order valence-corrected chi connectivity index (χ1v) is 9.48. The average Bonchev–Trinajstić information content (AvgIpc) is 2.62. The van der Waals surface area contributed by atoms with E-state index in [1.807, 2.05) is 26.0 Å². The Bertz CT molecular complexity index is 592. The third-order valence-corrected chi connectivity index (χ3v) is 5.24. The first-order chi connectivity index (χ1) is 12.0. The zero-order valence-corrected chi connectivity index (χ0v) is 15.3. The smallest absolute Gasteiger partial charge is 0.311 e. The topological polar surface area (TPSA) is 58.8 Å². The molecule has 0 radical (unpaired) electrons. The Morgan fingerprint density at radius 2 is 1.80 bits per heavy atom. The highest BCUT2D eigenvalue weighted by Gasteiger charge is 2.26. The maximum atomic E-state index is 11.2. The van der Waals surface area contributed by atoms with Crippen LogP contribution < -0.4 is 9.64 Å². The molecule has 2 aliphatic rings. The molecule has 3 rings (SSSR count). The van der Waals surface area contributed by atoms with Crippen LogP contribution in [0.1, 0.15) is 46.0 Å². The van der Waals surface area contributed by atoms with Crippen molar-refractivity contribution in [2.45, 2.75) is 58.1 Å². The van der Waals surface area contributed by atoms with Crippen molar-refractivity contribution >= 4 is 11.4 Å². The van der Waals surface area contributed by atoms with Gasteiger partial charge in [0.05, 0.1) is 11.0 Å². The number of likely N-dealkylation sites (tertiary alicyclic amines) is 1. The molecule has 0 aromatic heterocycles. The van der Waals surface area contributed by atoms with Gasteiger partial charge in [0.25, 0.3) is 0 Å². The molecular formula is C19H29N3O3. The van der Waals surface area contributed by atoms with E-state index >= 15 is 0 Å². The van der Waals surface area contributed by atoms with E-state index < -0.39 is 0 Å². The molecule has 1 aromatic rings. The van der Waals surface area contributed by atoms with Crippen LogP contribution in [0.3, 0.4) is 0 Å². The molecule has 0 bridgehead atoms. The third-order valence-electron chi connectivity index (χ3n) is 5.24. The fraction of sp³-hybridized carbons (Fsp3) is 0.684. The van der Waals surface area contributed by atoms with E-state index in [-0.39, 0.29) is 16.7 Å². The van der Waals surface area contributed by atoms with Crippen molar-refractivity contribution in [2.75, 3.05) is 31.1 Å². The number of nitro benzene ring substituents is 1. The van der Waals surface area contributed by atoms with Gasteiger partial charge in [0.1, 0.15) is 0 Å². The molecule has 6 heteroatoms. The summed E-state index contributed by atoms with van der Waals surface area (Å²) in [6.07, 6.45) is 6.28. The highest BCUT2D eigenvalue weighted by molar-refractivity contribution is 5.59. The Balaban J connectivity index is 1.67. The summed E-state index contributed by atoms with van der Waals surface area (Å²) in [5, 5.41) is 11.2. The zero-order chi connectivity index (χ0) is 17.8. The second kappa shape index (κ2) is 8.04. The standard InChI is InChI=1S/C19H29N3O3/c1-15(2)25-19-14-17(6-7-18(19)22(23)24)21-12-8-16(9-13-21)20-10-4-3-5-11-20/h6-7,14-16H,3-5,8-13H2,1-2H3. The Morgan fingerprint density at radius 1 is 1.12 bits per heavy atom. The number of benzene rings is 1. The minimum absolute atomic E-state index is 0.0423. The molecule has 138 valence electrons. The van der Waals surface area contributed by atoms with E-state index in [0.29, 0.717) is 11.8 Å². The van der Waals surface area contributed by atoms with Gasteiger partial charge in [0, 0.05) is 37.0 Å². The van der Waals surface area contributed by atoms with Gasteiger partial charge >= 0.3 is 5.69 Å². The Hall–Kier alpha value is -1.82. The summed E-state index contributed by atoms with van der Waals surface area (Å²) in [6.45, 7) is 8.27. The van der Waals surface area contributed by atoms with Gasteiger partial charge in [-0.05, 0) is 58.7 Å². The second-order valence-electron chi connectivity index (χ2n) is 7.39. The van der Waals surface area contributed by atoms with E-state index in [2.05, 4.69) is 9.80 Å². The van der Waals surface area contributed by atoms with Crippen LogP contribution in [-0.2, 0) is 0 Å². The van der Waals surface area contributed by atoms with Gasteiger partial charge in [0.15, 0.2) is 5.75 Å².